The molecule has 0 atom stereocenters. The van der Waals surface area contributed by atoms with Gasteiger partial charge in [-0.2, -0.15) is 0 Å². The fourth-order valence-electron chi connectivity index (χ4n) is 2.25. The summed E-state index contributed by atoms with van der Waals surface area (Å²) in [5.41, 5.74) is 0.330. The van der Waals surface area contributed by atoms with E-state index in [0.717, 1.165) is 6.42 Å². The number of amides is 1. The molecule has 1 fully saturated rings. The summed E-state index contributed by atoms with van der Waals surface area (Å²) in [6.07, 6.45) is 0.948. The zero-order valence-electron chi connectivity index (χ0n) is 10.9. The third-order valence-corrected chi connectivity index (χ3v) is 3.67. The SMILES string of the molecule is CC1(C)CCN(C(=O)c2ccc([N+](=O)[O-])cc2Cl)C1. The van der Waals surface area contributed by atoms with E-state index < -0.39 is 4.92 Å². The molecule has 1 aliphatic heterocycles. The lowest BCUT2D eigenvalue weighted by Gasteiger charge is -2.20. The van der Waals surface area contributed by atoms with Gasteiger partial charge in [-0.3, -0.25) is 14.9 Å². The van der Waals surface area contributed by atoms with Crippen molar-refractivity contribution >= 4 is 23.2 Å². The molecule has 0 saturated carbocycles. The highest BCUT2D eigenvalue weighted by Crippen LogP contribution is 2.31. The summed E-state index contributed by atoms with van der Waals surface area (Å²) in [6, 6.07) is 3.95. The van der Waals surface area contributed by atoms with Gasteiger partial charge in [0.05, 0.1) is 15.5 Å². The Hall–Kier alpha value is -1.62. The molecule has 0 N–H and O–H groups in total. The summed E-state index contributed by atoms with van der Waals surface area (Å²) >= 11 is 5.97. The minimum Gasteiger partial charge on any atom is -0.338 e. The highest BCUT2D eigenvalue weighted by atomic mass is 35.5. The van der Waals surface area contributed by atoms with Crippen LogP contribution in [0.4, 0.5) is 5.69 Å². The molecule has 5 nitrogen and oxygen atoms in total. The number of carbonyl (C=O) groups is 1. The maximum Gasteiger partial charge on any atom is 0.270 e. The van der Waals surface area contributed by atoms with E-state index in [-0.39, 0.29) is 22.0 Å². The van der Waals surface area contributed by atoms with Crippen LogP contribution in [0.5, 0.6) is 0 Å². The van der Waals surface area contributed by atoms with Gasteiger partial charge in [0.15, 0.2) is 0 Å². The first kappa shape index (κ1) is 13.8. The molecule has 0 unspecified atom stereocenters. The minimum atomic E-state index is -0.529. The third kappa shape index (κ3) is 2.87. The Balaban J connectivity index is 2.23. The van der Waals surface area contributed by atoms with Crippen LogP contribution >= 0.6 is 11.6 Å². The first-order chi connectivity index (χ1) is 8.80. The maximum absolute atomic E-state index is 12.3. The number of nitro groups is 1. The molecule has 1 aliphatic rings. The lowest BCUT2D eigenvalue weighted by Crippen LogP contribution is -2.30. The van der Waals surface area contributed by atoms with Crippen molar-refractivity contribution in [3.63, 3.8) is 0 Å². The second-order valence-electron chi connectivity index (χ2n) is 5.56. The Bertz CT molecular complexity index is 543. The first-order valence-corrected chi connectivity index (χ1v) is 6.41. The quantitative estimate of drug-likeness (QED) is 0.618. The van der Waals surface area contributed by atoms with Gasteiger partial charge < -0.3 is 4.90 Å². The molecule has 1 amide bonds. The molecule has 2 rings (SSSR count). The summed E-state index contributed by atoms with van der Waals surface area (Å²) in [4.78, 5) is 24.2. The minimum absolute atomic E-state index is 0.108. The summed E-state index contributed by atoms with van der Waals surface area (Å²) in [7, 11) is 0. The van der Waals surface area contributed by atoms with Crippen LogP contribution in [-0.4, -0.2) is 28.8 Å². The lowest BCUT2D eigenvalue weighted by atomic mass is 9.93. The molecule has 1 heterocycles. The van der Waals surface area contributed by atoms with E-state index in [1.165, 1.54) is 18.2 Å². The monoisotopic (exact) mass is 282 g/mol. The number of hydrogen-bond donors (Lipinski definition) is 0. The molecule has 0 bridgehead atoms. The highest BCUT2D eigenvalue weighted by molar-refractivity contribution is 6.34. The average molecular weight is 283 g/mol. The second-order valence-corrected chi connectivity index (χ2v) is 5.97. The standard InChI is InChI=1S/C13H15ClN2O3/c1-13(2)5-6-15(8-13)12(17)10-4-3-9(16(18)19)7-11(10)14/h3-4,7H,5-6,8H2,1-2H3. The number of non-ortho nitro benzene ring substituents is 1. The van der Waals surface area contributed by atoms with Gasteiger partial charge in [0.1, 0.15) is 0 Å². The van der Waals surface area contributed by atoms with Crippen molar-refractivity contribution in [2.75, 3.05) is 13.1 Å². The summed E-state index contributed by atoms with van der Waals surface area (Å²) in [6.45, 7) is 5.59. The zero-order chi connectivity index (χ0) is 14.2. The Labute approximate surface area is 116 Å². The number of rotatable bonds is 2. The van der Waals surface area contributed by atoms with Crippen LogP contribution in [0.15, 0.2) is 18.2 Å². The molecule has 1 saturated heterocycles. The molecular formula is C13H15ClN2O3. The molecule has 6 heteroatoms. The van der Waals surface area contributed by atoms with Crippen molar-refractivity contribution in [2.45, 2.75) is 20.3 Å². The number of nitrogens with zero attached hydrogens (tertiary/aromatic N) is 2. The molecule has 0 aromatic heterocycles. The van der Waals surface area contributed by atoms with Gasteiger partial charge in [-0.05, 0) is 17.9 Å². The van der Waals surface area contributed by atoms with E-state index in [0.29, 0.717) is 18.7 Å². The molecule has 1 aromatic carbocycles. The maximum atomic E-state index is 12.3. The fraction of sp³-hybridized carbons (Fsp3) is 0.462. The van der Waals surface area contributed by atoms with Crippen molar-refractivity contribution in [1.82, 2.24) is 4.90 Å². The highest BCUT2D eigenvalue weighted by Gasteiger charge is 2.33. The van der Waals surface area contributed by atoms with E-state index in [1.54, 1.807) is 4.90 Å². The van der Waals surface area contributed by atoms with Crippen LogP contribution in [0, 0.1) is 15.5 Å². The van der Waals surface area contributed by atoms with Crippen LogP contribution in [0.2, 0.25) is 5.02 Å². The number of nitro benzene ring substituents is 1. The number of hydrogen-bond acceptors (Lipinski definition) is 3. The summed E-state index contributed by atoms with van der Waals surface area (Å²) in [5.74, 6) is -0.162. The van der Waals surface area contributed by atoms with Crippen molar-refractivity contribution in [1.29, 1.82) is 0 Å². The molecule has 0 spiro atoms. The van der Waals surface area contributed by atoms with E-state index in [1.807, 2.05) is 0 Å². The Morgan fingerprint density at radius 3 is 2.63 bits per heavy atom. The van der Waals surface area contributed by atoms with E-state index in [4.69, 9.17) is 11.6 Å². The number of benzene rings is 1. The summed E-state index contributed by atoms with van der Waals surface area (Å²) < 4.78 is 0. The van der Waals surface area contributed by atoms with Gasteiger partial charge in [0.2, 0.25) is 0 Å². The van der Waals surface area contributed by atoms with Gasteiger partial charge in [-0.1, -0.05) is 25.4 Å². The topological polar surface area (TPSA) is 63.5 Å². The lowest BCUT2D eigenvalue weighted by molar-refractivity contribution is -0.384. The molecular weight excluding hydrogens is 268 g/mol. The predicted molar refractivity (Wildman–Crippen MR) is 72.4 cm³/mol. The van der Waals surface area contributed by atoms with Crippen LogP contribution in [0.25, 0.3) is 0 Å². The van der Waals surface area contributed by atoms with E-state index in [2.05, 4.69) is 13.8 Å². The van der Waals surface area contributed by atoms with Crippen molar-refractivity contribution in [3.05, 3.63) is 38.9 Å². The summed E-state index contributed by atoms with van der Waals surface area (Å²) in [5, 5.41) is 10.8. The molecule has 102 valence electrons. The zero-order valence-corrected chi connectivity index (χ0v) is 11.6. The van der Waals surface area contributed by atoms with Crippen LogP contribution in [-0.2, 0) is 0 Å². The van der Waals surface area contributed by atoms with E-state index >= 15 is 0 Å². The van der Waals surface area contributed by atoms with Gasteiger partial charge in [0, 0.05) is 25.2 Å². The van der Waals surface area contributed by atoms with Crippen molar-refractivity contribution in [3.8, 4) is 0 Å². The first-order valence-electron chi connectivity index (χ1n) is 6.03. The predicted octanol–water partition coefficient (Wildman–Crippen LogP) is 3.12. The Morgan fingerprint density at radius 2 is 2.16 bits per heavy atom. The van der Waals surface area contributed by atoms with Gasteiger partial charge in [-0.15, -0.1) is 0 Å². The molecule has 19 heavy (non-hydrogen) atoms. The largest absolute Gasteiger partial charge is 0.338 e. The Morgan fingerprint density at radius 1 is 1.47 bits per heavy atom. The van der Waals surface area contributed by atoms with Gasteiger partial charge in [-0.25, -0.2) is 0 Å². The fourth-order valence-corrected chi connectivity index (χ4v) is 2.50. The number of carbonyl (C=O) groups excluding carboxylic acids is 1. The van der Waals surface area contributed by atoms with Crippen LogP contribution in [0.3, 0.4) is 0 Å². The average Bonchev–Trinajstić information content (AvgIpc) is 2.68. The van der Waals surface area contributed by atoms with Crippen molar-refractivity contribution in [2.24, 2.45) is 5.41 Å². The van der Waals surface area contributed by atoms with Gasteiger partial charge in [0.25, 0.3) is 11.6 Å². The van der Waals surface area contributed by atoms with Gasteiger partial charge >= 0.3 is 0 Å². The van der Waals surface area contributed by atoms with Crippen LogP contribution in [0.1, 0.15) is 30.6 Å². The van der Waals surface area contributed by atoms with Crippen molar-refractivity contribution < 1.29 is 9.72 Å². The Kier molecular flexibility index (Phi) is 3.49. The second kappa shape index (κ2) is 4.81. The van der Waals surface area contributed by atoms with Crippen LogP contribution < -0.4 is 0 Å². The molecule has 0 aliphatic carbocycles. The molecule has 1 aromatic rings. The van der Waals surface area contributed by atoms with E-state index in [9.17, 15) is 14.9 Å². The smallest absolute Gasteiger partial charge is 0.270 e. The number of halogens is 1. The third-order valence-electron chi connectivity index (χ3n) is 3.36. The number of likely N-dealkylation sites (tertiary alicyclic amines) is 1. The molecule has 0 radical (unpaired) electrons. The normalized spacial score (nSPS) is 17.5.